The highest BCUT2D eigenvalue weighted by atomic mass is 16.5. The number of amides is 3. The fourth-order valence-electron chi connectivity index (χ4n) is 3.38. The van der Waals surface area contributed by atoms with Crippen LogP contribution in [0.3, 0.4) is 0 Å². The maximum Gasteiger partial charge on any atom is 0.240 e. The van der Waals surface area contributed by atoms with Crippen molar-refractivity contribution in [3.63, 3.8) is 0 Å². The Labute approximate surface area is 167 Å². The van der Waals surface area contributed by atoms with Crippen LogP contribution < -0.4 is 4.74 Å². The van der Waals surface area contributed by atoms with Crippen LogP contribution in [0.25, 0.3) is 0 Å². The Morgan fingerprint density at radius 2 is 1.93 bits per heavy atom. The van der Waals surface area contributed by atoms with E-state index in [1.165, 1.54) is 4.90 Å². The van der Waals surface area contributed by atoms with Crippen molar-refractivity contribution in [2.24, 2.45) is 0 Å². The molecule has 1 atom stereocenters. The van der Waals surface area contributed by atoms with E-state index in [9.17, 15) is 14.4 Å². The minimum absolute atomic E-state index is 0.00640. The molecule has 2 rings (SSSR count). The van der Waals surface area contributed by atoms with Crippen molar-refractivity contribution < 1.29 is 19.1 Å². The Morgan fingerprint density at radius 3 is 2.50 bits per heavy atom. The molecule has 1 aliphatic rings. The van der Waals surface area contributed by atoms with Gasteiger partial charge in [-0.2, -0.15) is 0 Å². The van der Waals surface area contributed by atoms with Crippen molar-refractivity contribution in [2.75, 3.05) is 41.3 Å². The third kappa shape index (κ3) is 4.35. The summed E-state index contributed by atoms with van der Waals surface area (Å²) in [6, 6.07) is 7.12. The number of nitrogens with zero attached hydrogens (tertiary/aromatic N) is 3. The molecule has 1 aromatic rings. The number of rotatable bonds is 8. The van der Waals surface area contributed by atoms with Crippen molar-refractivity contribution in [2.45, 2.75) is 38.1 Å². The Bertz CT molecular complexity index is 747. The topological polar surface area (TPSA) is 70.2 Å². The molecule has 0 bridgehead atoms. The lowest BCUT2D eigenvalue weighted by molar-refractivity contribution is -0.142. The number of carbonyl (C=O) groups excluding carboxylic acids is 3. The molecule has 0 saturated carbocycles. The van der Waals surface area contributed by atoms with Gasteiger partial charge in [0.2, 0.25) is 17.7 Å². The average molecular weight is 389 g/mol. The number of hydrogen-bond donors (Lipinski definition) is 0. The quantitative estimate of drug-likeness (QED) is 0.631. The maximum atomic E-state index is 13.5. The zero-order chi connectivity index (χ0) is 21.1. The number of hydrogen-bond acceptors (Lipinski definition) is 5. The first-order chi connectivity index (χ1) is 13.1. The van der Waals surface area contributed by atoms with Gasteiger partial charge < -0.3 is 14.5 Å². The van der Waals surface area contributed by atoms with Gasteiger partial charge in [0, 0.05) is 39.0 Å². The monoisotopic (exact) mass is 389 g/mol. The number of carbonyl (C=O) groups is 3. The second-order valence-electron chi connectivity index (χ2n) is 7.92. The molecule has 1 fully saturated rings. The summed E-state index contributed by atoms with van der Waals surface area (Å²) in [5, 5.41) is 0. The molecule has 154 valence electrons. The van der Waals surface area contributed by atoms with Gasteiger partial charge in [-0.15, -0.1) is 0 Å². The Morgan fingerprint density at radius 1 is 1.25 bits per heavy atom. The summed E-state index contributed by atoms with van der Waals surface area (Å²) in [7, 11) is 7.05. The van der Waals surface area contributed by atoms with Crippen molar-refractivity contribution in [3.8, 4) is 5.75 Å². The largest absolute Gasteiger partial charge is 0.497 e. The average Bonchev–Trinajstić information content (AvgIpc) is 2.89. The van der Waals surface area contributed by atoms with Crippen LogP contribution in [-0.2, 0) is 19.8 Å². The lowest BCUT2D eigenvalue weighted by Gasteiger charge is -2.31. The second kappa shape index (κ2) is 8.73. The van der Waals surface area contributed by atoms with Crippen molar-refractivity contribution >= 4 is 17.7 Å². The fourth-order valence-corrected chi connectivity index (χ4v) is 3.38. The van der Waals surface area contributed by atoms with Gasteiger partial charge in [-0.25, -0.2) is 0 Å². The summed E-state index contributed by atoms with van der Waals surface area (Å²) >= 11 is 0. The van der Waals surface area contributed by atoms with Gasteiger partial charge in [-0.3, -0.25) is 19.3 Å². The van der Waals surface area contributed by atoms with Gasteiger partial charge in [0.15, 0.2) is 0 Å². The SMILES string of the molecule is COc1cccc([C@]2(CC(=O)N(C)C(C)C)CC(=O)N(CCN(C)C)C2=O)c1. The standard InChI is InChI=1S/C21H31N3O4/c1-15(2)23(5)18(25)13-21(16-8-7-9-17(12-16)28-6)14-19(26)24(20(21)27)11-10-22(3)4/h7-9,12,15H,10-11,13-14H2,1-6H3/t21-/m0/s1. The number of likely N-dealkylation sites (tertiary alicyclic amines) is 1. The fraction of sp³-hybridized carbons (Fsp3) is 0.571. The third-order valence-corrected chi connectivity index (χ3v) is 5.42. The molecule has 28 heavy (non-hydrogen) atoms. The smallest absolute Gasteiger partial charge is 0.240 e. The third-order valence-electron chi connectivity index (χ3n) is 5.42. The Balaban J connectivity index is 2.46. The molecule has 0 unspecified atom stereocenters. The molecule has 0 aliphatic carbocycles. The van der Waals surface area contributed by atoms with Gasteiger partial charge in [-0.05, 0) is 45.6 Å². The minimum Gasteiger partial charge on any atom is -0.497 e. The van der Waals surface area contributed by atoms with Gasteiger partial charge in [0.25, 0.3) is 0 Å². The van der Waals surface area contributed by atoms with Crippen LogP contribution in [0.1, 0.15) is 32.3 Å². The first kappa shape index (κ1) is 21.9. The molecule has 7 heteroatoms. The normalized spacial score (nSPS) is 19.6. The summed E-state index contributed by atoms with van der Waals surface area (Å²) in [5.41, 5.74) is -0.555. The van der Waals surface area contributed by atoms with E-state index in [0.717, 1.165) is 0 Å². The van der Waals surface area contributed by atoms with Crippen LogP contribution in [0.15, 0.2) is 24.3 Å². The molecule has 0 aromatic heterocycles. The molecule has 1 saturated heterocycles. The molecule has 0 radical (unpaired) electrons. The second-order valence-corrected chi connectivity index (χ2v) is 7.92. The van der Waals surface area contributed by atoms with E-state index in [0.29, 0.717) is 24.4 Å². The first-order valence-corrected chi connectivity index (χ1v) is 9.52. The molecule has 0 N–H and O–H groups in total. The Kier molecular flexibility index (Phi) is 6.82. The predicted molar refractivity (Wildman–Crippen MR) is 107 cm³/mol. The maximum absolute atomic E-state index is 13.5. The molecular formula is C21H31N3O4. The summed E-state index contributed by atoms with van der Waals surface area (Å²) in [6.45, 7) is 4.72. The molecule has 3 amide bonds. The lowest BCUT2D eigenvalue weighted by Crippen LogP contribution is -2.45. The van der Waals surface area contributed by atoms with E-state index in [-0.39, 0.29) is 36.6 Å². The van der Waals surface area contributed by atoms with E-state index in [1.807, 2.05) is 32.8 Å². The van der Waals surface area contributed by atoms with Crippen molar-refractivity contribution in [3.05, 3.63) is 29.8 Å². The van der Waals surface area contributed by atoms with Crippen LogP contribution >= 0.6 is 0 Å². The van der Waals surface area contributed by atoms with Gasteiger partial charge in [-0.1, -0.05) is 12.1 Å². The predicted octanol–water partition coefficient (Wildman–Crippen LogP) is 1.51. The van der Waals surface area contributed by atoms with E-state index < -0.39 is 5.41 Å². The highest BCUT2D eigenvalue weighted by molar-refractivity contribution is 6.10. The first-order valence-electron chi connectivity index (χ1n) is 9.52. The van der Waals surface area contributed by atoms with Gasteiger partial charge in [0.05, 0.1) is 12.5 Å². The van der Waals surface area contributed by atoms with Crippen LogP contribution in [0.4, 0.5) is 0 Å². The van der Waals surface area contributed by atoms with Crippen LogP contribution in [0, 0.1) is 0 Å². The summed E-state index contributed by atoms with van der Waals surface area (Å²) < 4.78 is 5.31. The van der Waals surface area contributed by atoms with Crippen LogP contribution in [0.5, 0.6) is 5.75 Å². The zero-order valence-corrected chi connectivity index (χ0v) is 17.7. The van der Waals surface area contributed by atoms with Crippen LogP contribution in [0.2, 0.25) is 0 Å². The number of imide groups is 1. The molecule has 0 spiro atoms. The summed E-state index contributed by atoms with van der Waals surface area (Å²) in [5.74, 6) is -0.116. The minimum atomic E-state index is -1.20. The molecule has 1 heterocycles. The number of benzene rings is 1. The molecule has 1 aromatic carbocycles. The summed E-state index contributed by atoms with van der Waals surface area (Å²) in [4.78, 5) is 43.9. The van der Waals surface area contributed by atoms with E-state index in [1.54, 1.807) is 43.3 Å². The highest BCUT2D eigenvalue weighted by Crippen LogP contribution is 2.41. The van der Waals surface area contributed by atoms with Gasteiger partial charge >= 0.3 is 0 Å². The highest BCUT2D eigenvalue weighted by Gasteiger charge is 2.54. The molecule has 1 aliphatic heterocycles. The molecule has 7 nitrogen and oxygen atoms in total. The summed E-state index contributed by atoms with van der Waals surface area (Å²) in [6.07, 6.45) is -0.0536. The lowest BCUT2D eigenvalue weighted by atomic mass is 9.75. The van der Waals surface area contributed by atoms with Crippen molar-refractivity contribution in [1.82, 2.24) is 14.7 Å². The van der Waals surface area contributed by atoms with Gasteiger partial charge in [0.1, 0.15) is 5.75 Å². The zero-order valence-electron chi connectivity index (χ0n) is 17.7. The van der Waals surface area contributed by atoms with E-state index in [2.05, 4.69) is 0 Å². The van der Waals surface area contributed by atoms with Crippen LogP contribution in [-0.4, -0.2) is 79.8 Å². The number of likely N-dealkylation sites (N-methyl/N-ethyl adjacent to an activating group) is 1. The van der Waals surface area contributed by atoms with Crippen molar-refractivity contribution in [1.29, 1.82) is 0 Å². The molecular weight excluding hydrogens is 358 g/mol. The van der Waals surface area contributed by atoms with E-state index >= 15 is 0 Å². The number of methoxy groups -OCH3 is 1. The van der Waals surface area contributed by atoms with E-state index in [4.69, 9.17) is 4.74 Å². The number of ether oxygens (including phenoxy) is 1. The Hall–Kier alpha value is -2.41.